The van der Waals surface area contributed by atoms with E-state index in [2.05, 4.69) is 10.6 Å². The number of hydrogen-bond acceptors (Lipinski definition) is 5. The van der Waals surface area contributed by atoms with Crippen molar-refractivity contribution in [3.8, 4) is 0 Å². The number of nitrogens with one attached hydrogen (secondary N) is 2. The van der Waals surface area contributed by atoms with Gasteiger partial charge in [-0.25, -0.2) is 4.79 Å². The van der Waals surface area contributed by atoms with Crippen LogP contribution in [0.25, 0.3) is 0 Å². The van der Waals surface area contributed by atoms with Crippen molar-refractivity contribution < 1.29 is 23.9 Å². The number of esters is 1. The third-order valence-corrected chi connectivity index (χ3v) is 3.76. The van der Waals surface area contributed by atoms with Crippen molar-refractivity contribution in [1.82, 2.24) is 10.2 Å². The van der Waals surface area contributed by atoms with Crippen molar-refractivity contribution in [2.75, 3.05) is 18.5 Å². The van der Waals surface area contributed by atoms with E-state index >= 15 is 0 Å². The molecule has 1 aliphatic rings. The number of ether oxygens (including phenoxy) is 1. The summed E-state index contributed by atoms with van der Waals surface area (Å²) < 4.78 is 4.81. The van der Waals surface area contributed by atoms with Crippen LogP contribution in [-0.4, -0.2) is 47.4 Å². The number of rotatable bonds is 6. The number of amides is 4. The van der Waals surface area contributed by atoms with Crippen molar-refractivity contribution in [2.24, 2.45) is 0 Å². The van der Waals surface area contributed by atoms with E-state index in [0.29, 0.717) is 12.1 Å². The predicted octanol–water partition coefficient (Wildman–Crippen LogP) is 0.889. The quantitative estimate of drug-likeness (QED) is 0.594. The molecule has 0 unspecified atom stereocenters. The second kappa shape index (κ2) is 7.12. The maximum atomic E-state index is 12.1. The Morgan fingerprint density at radius 3 is 2.50 bits per heavy atom. The molecule has 0 aromatic heterocycles. The van der Waals surface area contributed by atoms with Gasteiger partial charge in [0.05, 0.1) is 0 Å². The van der Waals surface area contributed by atoms with Crippen LogP contribution in [0.5, 0.6) is 0 Å². The average molecular weight is 333 g/mol. The van der Waals surface area contributed by atoms with E-state index in [1.165, 1.54) is 0 Å². The van der Waals surface area contributed by atoms with Crippen molar-refractivity contribution in [1.29, 1.82) is 0 Å². The molecule has 0 radical (unpaired) electrons. The van der Waals surface area contributed by atoms with Crippen LogP contribution in [0, 0.1) is 0 Å². The minimum Gasteiger partial charge on any atom is -0.454 e. The summed E-state index contributed by atoms with van der Waals surface area (Å²) in [6, 6.07) is 8.05. The molecule has 1 aromatic carbocycles. The van der Waals surface area contributed by atoms with Gasteiger partial charge in [-0.3, -0.25) is 19.3 Å². The first-order valence-electron chi connectivity index (χ1n) is 7.50. The summed E-state index contributed by atoms with van der Waals surface area (Å²) in [5.74, 6) is -1.83. The van der Waals surface area contributed by atoms with Crippen molar-refractivity contribution >= 4 is 29.5 Å². The van der Waals surface area contributed by atoms with Gasteiger partial charge in [0.2, 0.25) is 0 Å². The van der Waals surface area contributed by atoms with Gasteiger partial charge in [-0.05, 0) is 25.5 Å². The molecule has 24 heavy (non-hydrogen) atoms. The van der Waals surface area contributed by atoms with E-state index in [0.717, 1.165) is 4.90 Å². The third-order valence-electron chi connectivity index (χ3n) is 3.76. The molecule has 1 heterocycles. The minimum absolute atomic E-state index is 0.405. The van der Waals surface area contributed by atoms with Gasteiger partial charge >= 0.3 is 12.0 Å². The van der Waals surface area contributed by atoms with E-state index in [-0.39, 0.29) is 0 Å². The Morgan fingerprint density at radius 1 is 1.25 bits per heavy atom. The Kier molecular flexibility index (Phi) is 5.18. The molecule has 2 rings (SSSR count). The van der Waals surface area contributed by atoms with Crippen molar-refractivity contribution in [3.63, 3.8) is 0 Å². The highest BCUT2D eigenvalue weighted by Crippen LogP contribution is 2.20. The van der Waals surface area contributed by atoms with Crippen molar-refractivity contribution in [2.45, 2.75) is 25.8 Å². The SMILES string of the molecule is CC[C@]1(C)NC(=O)N(CC(=O)OCC(=O)Nc2ccccc2)C1=O. The maximum absolute atomic E-state index is 12.1. The molecule has 1 saturated heterocycles. The Labute approximate surface area is 139 Å². The van der Waals surface area contributed by atoms with Gasteiger partial charge in [-0.15, -0.1) is 0 Å². The topological polar surface area (TPSA) is 105 Å². The lowest BCUT2D eigenvalue weighted by Gasteiger charge is -2.18. The highest BCUT2D eigenvalue weighted by atomic mass is 16.5. The molecule has 4 amide bonds. The van der Waals surface area contributed by atoms with Gasteiger partial charge in [0.15, 0.2) is 6.61 Å². The van der Waals surface area contributed by atoms with Gasteiger partial charge in [-0.1, -0.05) is 25.1 Å². The number of imide groups is 1. The lowest BCUT2D eigenvalue weighted by Crippen LogP contribution is -2.43. The minimum atomic E-state index is -1.01. The Balaban J connectivity index is 1.82. The molecule has 8 nitrogen and oxygen atoms in total. The lowest BCUT2D eigenvalue weighted by atomic mass is 9.99. The van der Waals surface area contributed by atoms with E-state index in [4.69, 9.17) is 4.74 Å². The monoisotopic (exact) mass is 333 g/mol. The zero-order valence-corrected chi connectivity index (χ0v) is 13.5. The summed E-state index contributed by atoms with van der Waals surface area (Å²) in [6.45, 7) is 2.32. The molecule has 1 aromatic rings. The molecule has 128 valence electrons. The third kappa shape index (κ3) is 3.89. The molecule has 1 atom stereocenters. The van der Waals surface area contributed by atoms with Crippen LogP contribution in [-0.2, 0) is 19.1 Å². The summed E-state index contributed by atoms with van der Waals surface area (Å²) in [7, 11) is 0. The highest BCUT2D eigenvalue weighted by molar-refractivity contribution is 6.08. The van der Waals surface area contributed by atoms with Gasteiger partial charge in [0.25, 0.3) is 11.8 Å². The van der Waals surface area contributed by atoms with Crippen LogP contribution in [0.2, 0.25) is 0 Å². The first kappa shape index (κ1) is 17.5. The number of para-hydroxylation sites is 1. The molecule has 0 spiro atoms. The van der Waals surface area contributed by atoms with E-state index in [1.54, 1.807) is 44.2 Å². The second-order valence-corrected chi connectivity index (χ2v) is 5.58. The number of benzene rings is 1. The average Bonchev–Trinajstić information content (AvgIpc) is 2.78. The standard InChI is InChI=1S/C16H19N3O5/c1-3-16(2)14(22)19(15(23)18-16)9-13(21)24-10-12(20)17-11-7-5-4-6-8-11/h4-8H,3,9-10H2,1-2H3,(H,17,20)(H,18,23)/t16-/m0/s1. The van der Waals surface area contributed by atoms with Crippen LogP contribution in [0.15, 0.2) is 30.3 Å². The first-order valence-corrected chi connectivity index (χ1v) is 7.50. The van der Waals surface area contributed by atoms with Gasteiger partial charge in [-0.2, -0.15) is 0 Å². The smallest absolute Gasteiger partial charge is 0.326 e. The molecule has 0 bridgehead atoms. The van der Waals surface area contributed by atoms with E-state index in [9.17, 15) is 19.2 Å². The van der Waals surface area contributed by atoms with Crippen molar-refractivity contribution in [3.05, 3.63) is 30.3 Å². The second-order valence-electron chi connectivity index (χ2n) is 5.58. The van der Waals surface area contributed by atoms with Crippen LogP contribution < -0.4 is 10.6 Å². The number of carbonyl (C=O) groups is 4. The zero-order chi connectivity index (χ0) is 17.7. The lowest BCUT2D eigenvalue weighted by molar-refractivity contribution is -0.150. The predicted molar refractivity (Wildman–Crippen MR) is 85.0 cm³/mol. The first-order chi connectivity index (χ1) is 11.4. The van der Waals surface area contributed by atoms with Crippen LogP contribution in [0.3, 0.4) is 0 Å². The summed E-state index contributed by atoms with van der Waals surface area (Å²) in [5, 5.41) is 5.09. The summed E-state index contributed by atoms with van der Waals surface area (Å²) in [6.07, 6.45) is 0.405. The van der Waals surface area contributed by atoms with Gasteiger partial charge < -0.3 is 15.4 Å². The fourth-order valence-corrected chi connectivity index (χ4v) is 2.17. The fourth-order valence-electron chi connectivity index (χ4n) is 2.17. The summed E-state index contributed by atoms with van der Waals surface area (Å²) in [5.41, 5.74) is -0.437. The van der Waals surface area contributed by atoms with Gasteiger partial charge in [0, 0.05) is 5.69 Å². The fraction of sp³-hybridized carbons (Fsp3) is 0.375. The molecule has 1 aliphatic heterocycles. The van der Waals surface area contributed by atoms with Crippen LogP contribution in [0.1, 0.15) is 20.3 Å². The highest BCUT2D eigenvalue weighted by Gasteiger charge is 2.47. The number of hydrogen-bond donors (Lipinski definition) is 2. The van der Waals surface area contributed by atoms with E-state index < -0.39 is 42.5 Å². The summed E-state index contributed by atoms with van der Waals surface area (Å²) in [4.78, 5) is 48.2. The van der Waals surface area contributed by atoms with Crippen LogP contribution in [0.4, 0.5) is 10.5 Å². The Morgan fingerprint density at radius 2 is 1.92 bits per heavy atom. The Hall–Kier alpha value is -2.90. The van der Waals surface area contributed by atoms with Crippen LogP contribution >= 0.6 is 0 Å². The molecular formula is C16H19N3O5. The molecule has 8 heteroatoms. The molecule has 1 fully saturated rings. The number of carbonyl (C=O) groups excluding carboxylic acids is 4. The van der Waals surface area contributed by atoms with E-state index in [1.807, 2.05) is 0 Å². The molecule has 2 N–H and O–H groups in total. The number of anilines is 1. The molecule has 0 saturated carbocycles. The molecular weight excluding hydrogens is 314 g/mol. The zero-order valence-electron chi connectivity index (χ0n) is 13.5. The largest absolute Gasteiger partial charge is 0.454 e. The summed E-state index contributed by atoms with van der Waals surface area (Å²) >= 11 is 0. The molecule has 0 aliphatic carbocycles. The normalized spacial score (nSPS) is 19.8. The maximum Gasteiger partial charge on any atom is 0.326 e. The number of nitrogens with zero attached hydrogens (tertiary/aromatic N) is 1. The Bertz CT molecular complexity index is 661. The van der Waals surface area contributed by atoms with Gasteiger partial charge in [0.1, 0.15) is 12.1 Å². The number of urea groups is 1.